The molecule has 0 radical (unpaired) electrons. The molecule has 0 saturated carbocycles. The van der Waals surface area contributed by atoms with E-state index in [0.29, 0.717) is 23.6 Å². The lowest BCUT2D eigenvalue weighted by atomic mass is 10.0. The van der Waals surface area contributed by atoms with Crippen LogP contribution in [-0.4, -0.2) is 63.8 Å². The molecule has 2 atom stereocenters. The summed E-state index contributed by atoms with van der Waals surface area (Å²) in [6.45, 7) is 5.50. The quantitative estimate of drug-likeness (QED) is 0.110. The van der Waals surface area contributed by atoms with Crippen molar-refractivity contribution in [1.82, 2.24) is 14.9 Å². The number of β-lactam (4-membered cyclic amide) rings is 1. The fraction of sp³-hybridized carbons (Fsp3) is 0.344. The second-order valence-electron chi connectivity index (χ2n) is 11.6. The van der Waals surface area contributed by atoms with Crippen LogP contribution in [-0.2, 0) is 37.4 Å². The zero-order valence-electron chi connectivity index (χ0n) is 25.7. The molecule has 1 unspecified atom stereocenters. The zero-order valence-corrected chi connectivity index (χ0v) is 28.7. The van der Waals surface area contributed by atoms with Gasteiger partial charge in [-0.05, 0) is 31.9 Å². The predicted molar refractivity (Wildman–Crippen MR) is 164 cm³/mol. The van der Waals surface area contributed by atoms with Crippen LogP contribution in [0.1, 0.15) is 38.0 Å². The lowest BCUT2D eigenvalue weighted by molar-refractivity contribution is -0.765. The number of nitrogens with one attached hydrogen (secondary N) is 1. The third-order valence-corrected chi connectivity index (χ3v) is 8.67. The maximum Gasteiger partial charge on any atom is 0.408 e. The minimum Gasteiger partial charge on any atom is -1.00 e. The average Bonchev–Trinajstić information content (AvgIpc) is 3.37. The van der Waals surface area contributed by atoms with Crippen LogP contribution in [0.5, 0.6) is 0 Å². The molecule has 13 heteroatoms. The van der Waals surface area contributed by atoms with Crippen molar-refractivity contribution in [1.29, 1.82) is 0 Å². The third kappa shape index (κ3) is 7.35. The molecule has 0 aliphatic carbocycles. The molecular formula is C32H36IN5O6S. The van der Waals surface area contributed by atoms with Gasteiger partial charge in [0, 0.05) is 18.4 Å². The summed E-state index contributed by atoms with van der Waals surface area (Å²) in [5, 5.41) is 2.16. The molecule has 2 aliphatic rings. The molecule has 2 aliphatic heterocycles. The number of nitrogens with zero attached hydrogens (tertiary/aromatic N) is 4. The summed E-state index contributed by atoms with van der Waals surface area (Å²) in [5.74, 6) is -0.0104. The first kappa shape index (κ1) is 34.0. The van der Waals surface area contributed by atoms with E-state index in [2.05, 4.69) is 5.32 Å². The molecule has 11 nitrogen and oxygen atoms in total. The van der Waals surface area contributed by atoms with Crippen molar-refractivity contribution in [3.8, 4) is 0 Å². The summed E-state index contributed by atoms with van der Waals surface area (Å²) in [4.78, 5) is 54.5. The van der Waals surface area contributed by atoms with E-state index in [1.54, 1.807) is 38.6 Å². The minimum atomic E-state index is -0.853. The largest absolute Gasteiger partial charge is 1.00 e. The van der Waals surface area contributed by atoms with Crippen LogP contribution in [0, 0.1) is 0 Å². The van der Waals surface area contributed by atoms with Gasteiger partial charge < -0.3 is 38.8 Å². The highest BCUT2D eigenvalue weighted by Gasteiger charge is 2.55. The summed E-state index contributed by atoms with van der Waals surface area (Å²) in [6, 6.07) is 19.8. The van der Waals surface area contributed by atoms with Gasteiger partial charge in [0.05, 0.1) is 13.1 Å². The molecule has 45 heavy (non-hydrogen) atoms. The summed E-state index contributed by atoms with van der Waals surface area (Å²) in [6.07, 6.45) is 1.11. The molecule has 1 N–H and O–H groups in total. The van der Waals surface area contributed by atoms with Crippen LogP contribution in [0.25, 0.3) is 0 Å². The van der Waals surface area contributed by atoms with E-state index in [1.807, 2.05) is 78.6 Å². The monoisotopic (exact) mass is 745 g/mol. The first-order valence-electron chi connectivity index (χ1n) is 14.2. The van der Waals surface area contributed by atoms with E-state index in [9.17, 15) is 19.2 Å². The average molecular weight is 746 g/mol. The molecule has 1 fully saturated rings. The van der Waals surface area contributed by atoms with Crippen LogP contribution in [0.3, 0.4) is 0 Å². The van der Waals surface area contributed by atoms with Gasteiger partial charge in [0.1, 0.15) is 22.7 Å². The number of hydrogen-bond acceptors (Lipinski definition) is 7. The number of rotatable bonds is 9. The number of esters is 1. The van der Waals surface area contributed by atoms with Gasteiger partial charge in [-0.2, -0.15) is 0 Å². The molecule has 0 spiro atoms. The van der Waals surface area contributed by atoms with Crippen LogP contribution < -0.4 is 38.9 Å². The molecule has 5 rings (SSSR count). The number of ether oxygens (including phenoxy) is 2. The van der Waals surface area contributed by atoms with Gasteiger partial charge in [-0.15, -0.1) is 21.1 Å². The second kappa shape index (κ2) is 14.1. The van der Waals surface area contributed by atoms with Crippen LogP contribution in [0.15, 0.2) is 84.2 Å². The van der Waals surface area contributed by atoms with Crippen LogP contribution in [0.2, 0.25) is 0 Å². The van der Waals surface area contributed by atoms with Gasteiger partial charge in [0.15, 0.2) is 24.7 Å². The van der Waals surface area contributed by atoms with Gasteiger partial charge >= 0.3 is 12.1 Å². The van der Waals surface area contributed by atoms with Crippen molar-refractivity contribution < 1.29 is 57.3 Å². The van der Waals surface area contributed by atoms with E-state index < -0.39 is 41.1 Å². The van der Waals surface area contributed by atoms with Gasteiger partial charge in [0.25, 0.3) is 5.91 Å². The number of benzene rings is 2. The van der Waals surface area contributed by atoms with E-state index >= 15 is 0 Å². The summed E-state index contributed by atoms with van der Waals surface area (Å²) < 4.78 is 15.2. The predicted octanol–water partition coefficient (Wildman–Crippen LogP) is 0.305. The number of halogens is 1. The van der Waals surface area contributed by atoms with Gasteiger partial charge in [0.2, 0.25) is 6.41 Å². The number of aromatic nitrogens is 2. The maximum atomic E-state index is 14.2. The number of carbonyl (C=O) groups excluding carboxylic acids is 4. The SMILES string of the molecule is CN(C=O)c1cc[n+](CC2=C(C(=O)OC(c3ccccc3)c3ccccc3)N3C(=O)C(NC(=O)OC(C)(C)C)[C@H]3SC2)n1C.[I-]. The van der Waals surface area contributed by atoms with Gasteiger partial charge in [-0.25, -0.2) is 9.59 Å². The molecule has 2 aromatic carbocycles. The highest BCUT2D eigenvalue weighted by atomic mass is 127. The van der Waals surface area contributed by atoms with E-state index in [4.69, 9.17) is 9.47 Å². The summed E-state index contributed by atoms with van der Waals surface area (Å²) in [7, 11) is 3.46. The zero-order chi connectivity index (χ0) is 31.6. The Balaban J connectivity index is 0.00000461. The lowest BCUT2D eigenvalue weighted by Gasteiger charge is -2.49. The van der Waals surface area contributed by atoms with Gasteiger partial charge in [-0.1, -0.05) is 60.7 Å². The Morgan fingerprint density at radius 2 is 1.69 bits per heavy atom. The smallest absolute Gasteiger partial charge is 0.408 e. The molecule has 1 saturated heterocycles. The number of thioether (sulfide) groups is 1. The number of fused-ring (bicyclic) bond motifs is 1. The Kier molecular flexibility index (Phi) is 10.6. The normalized spacial score (nSPS) is 17.6. The van der Waals surface area contributed by atoms with Crippen molar-refractivity contribution in [2.75, 3.05) is 17.7 Å². The Hall–Kier alpha value is -3.85. The van der Waals surface area contributed by atoms with Gasteiger partial charge in [-0.3, -0.25) is 19.4 Å². The number of anilines is 1. The van der Waals surface area contributed by atoms with Crippen LogP contribution >= 0.6 is 11.8 Å². The maximum absolute atomic E-state index is 14.2. The molecular weight excluding hydrogens is 709 g/mol. The first-order valence-corrected chi connectivity index (χ1v) is 15.2. The Bertz CT molecular complexity index is 1550. The van der Waals surface area contributed by atoms with E-state index in [-0.39, 0.29) is 36.2 Å². The number of amides is 3. The van der Waals surface area contributed by atoms with Crippen molar-refractivity contribution in [2.45, 2.75) is 50.4 Å². The first-order chi connectivity index (χ1) is 21.0. The Labute approximate surface area is 283 Å². The van der Waals surface area contributed by atoms with E-state index in [1.165, 1.54) is 21.6 Å². The lowest BCUT2D eigenvalue weighted by Crippen LogP contribution is -3.00. The third-order valence-electron chi connectivity index (χ3n) is 7.33. The second-order valence-corrected chi connectivity index (χ2v) is 12.7. The Morgan fingerprint density at radius 1 is 1.09 bits per heavy atom. The van der Waals surface area contributed by atoms with Crippen molar-refractivity contribution >= 4 is 42.0 Å². The summed E-state index contributed by atoms with van der Waals surface area (Å²) >= 11 is 1.45. The fourth-order valence-corrected chi connectivity index (χ4v) is 6.56. The topological polar surface area (TPSA) is 114 Å². The number of hydrogen-bond donors (Lipinski definition) is 1. The Morgan fingerprint density at radius 3 is 2.24 bits per heavy atom. The molecule has 3 heterocycles. The molecule has 3 amide bonds. The molecule has 1 aromatic heterocycles. The summed E-state index contributed by atoms with van der Waals surface area (Å²) in [5.41, 5.74) is 1.66. The molecule has 238 valence electrons. The molecule has 3 aromatic rings. The number of alkyl carbamates (subject to hydrolysis) is 1. The highest BCUT2D eigenvalue weighted by molar-refractivity contribution is 8.00. The number of carbonyl (C=O) groups is 4. The standard InChI is InChI=1S/C32H35N5O6S.HI/c1-32(2,3)43-31(41)33-25-28(39)37-26(23(19-44-29(25)37)18-36-17-16-24(35(36)5)34(4)20-38)30(40)42-27(21-12-8-6-9-13-21)22-14-10-7-11-15-22;/h6-17,20,25,27,29H,18-19H2,1-5H3;1H/t25?,29-;/m1./s1. The van der Waals surface area contributed by atoms with Crippen molar-refractivity contribution in [2.24, 2.45) is 7.05 Å². The van der Waals surface area contributed by atoms with Crippen LogP contribution in [0.4, 0.5) is 10.6 Å². The molecule has 0 bridgehead atoms. The highest BCUT2D eigenvalue weighted by Crippen LogP contribution is 2.42. The minimum absolute atomic E-state index is 0. The van der Waals surface area contributed by atoms with E-state index in [0.717, 1.165) is 11.1 Å². The fourth-order valence-electron chi connectivity index (χ4n) is 5.22. The van der Waals surface area contributed by atoms with Crippen molar-refractivity contribution in [3.05, 3.63) is 95.3 Å². The van der Waals surface area contributed by atoms with Crippen molar-refractivity contribution in [3.63, 3.8) is 0 Å².